The first kappa shape index (κ1) is 12.5. The van der Waals surface area contributed by atoms with Crippen LogP contribution in [0.4, 0.5) is 0 Å². The van der Waals surface area contributed by atoms with Gasteiger partial charge in [0.15, 0.2) is 0 Å². The summed E-state index contributed by atoms with van der Waals surface area (Å²) >= 11 is 0. The second kappa shape index (κ2) is 6.12. The molecule has 0 radical (unpaired) electrons. The first-order valence-electron chi connectivity index (χ1n) is 5.06. The summed E-state index contributed by atoms with van der Waals surface area (Å²) in [6.07, 6.45) is 0.706. The van der Waals surface area contributed by atoms with Gasteiger partial charge in [0.05, 0.1) is 13.7 Å². The van der Waals surface area contributed by atoms with E-state index in [4.69, 9.17) is 14.6 Å². The molecule has 0 atom stereocenters. The van der Waals surface area contributed by atoms with Crippen LogP contribution in [0.15, 0.2) is 18.2 Å². The topological polar surface area (TPSA) is 55.8 Å². The van der Waals surface area contributed by atoms with E-state index in [-0.39, 0.29) is 6.61 Å². The molecule has 0 saturated heterocycles. The van der Waals surface area contributed by atoms with E-state index in [9.17, 15) is 4.79 Å². The Bertz CT molecular complexity index is 360. The van der Waals surface area contributed by atoms with Gasteiger partial charge in [0, 0.05) is 0 Å². The van der Waals surface area contributed by atoms with E-state index in [2.05, 4.69) is 0 Å². The average Bonchev–Trinajstić information content (AvgIpc) is 2.24. The predicted molar refractivity (Wildman–Crippen MR) is 59.9 cm³/mol. The quantitative estimate of drug-likeness (QED) is 0.746. The number of aliphatic carboxylic acids is 1. The molecule has 16 heavy (non-hydrogen) atoms. The molecule has 0 unspecified atom stereocenters. The van der Waals surface area contributed by atoms with E-state index in [1.54, 1.807) is 7.11 Å². The molecule has 0 heterocycles. The molecule has 0 aliphatic rings. The molecule has 4 nitrogen and oxygen atoms in total. The molecule has 1 N–H and O–H groups in total. The fourth-order valence-electron chi connectivity index (χ4n) is 1.45. The van der Waals surface area contributed by atoms with Gasteiger partial charge in [0.25, 0.3) is 0 Å². The molecule has 0 bridgehead atoms. The Morgan fingerprint density at radius 2 is 2.19 bits per heavy atom. The molecular formula is C12H16O4. The van der Waals surface area contributed by atoms with Crippen molar-refractivity contribution in [1.82, 2.24) is 0 Å². The van der Waals surface area contributed by atoms with Crippen LogP contribution in [0.25, 0.3) is 0 Å². The van der Waals surface area contributed by atoms with Crippen molar-refractivity contribution in [3.63, 3.8) is 0 Å². The first-order chi connectivity index (χ1) is 7.63. The third kappa shape index (κ3) is 3.90. The van der Waals surface area contributed by atoms with Crippen molar-refractivity contribution in [2.45, 2.75) is 13.3 Å². The minimum Gasteiger partial charge on any atom is -0.496 e. The highest BCUT2D eigenvalue weighted by molar-refractivity contribution is 5.67. The van der Waals surface area contributed by atoms with Gasteiger partial charge in [-0.25, -0.2) is 4.79 Å². The van der Waals surface area contributed by atoms with E-state index >= 15 is 0 Å². The van der Waals surface area contributed by atoms with E-state index in [0.29, 0.717) is 13.0 Å². The highest BCUT2D eigenvalue weighted by atomic mass is 16.5. The van der Waals surface area contributed by atoms with Gasteiger partial charge in [-0.05, 0) is 30.5 Å². The standard InChI is InChI=1S/C12H16O4/c1-9-7-10(3-4-11(9)15-2)5-6-16-8-12(13)14/h3-4,7H,5-6,8H2,1-2H3,(H,13,14). The van der Waals surface area contributed by atoms with Crippen molar-refractivity contribution >= 4 is 5.97 Å². The fourth-order valence-corrected chi connectivity index (χ4v) is 1.45. The molecule has 0 amide bonds. The number of aryl methyl sites for hydroxylation is 1. The lowest BCUT2D eigenvalue weighted by atomic mass is 10.1. The number of carboxylic acids is 1. The summed E-state index contributed by atoms with van der Waals surface area (Å²) in [7, 11) is 1.64. The maximum atomic E-state index is 10.2. The van der Waals surface area contributed by atoms with Gasteiger partial charge in [0.2, 0.25) is 0 Å². The van der Waals surface area contributed by atoms with Crippen LogP contribution < -0.4 is 4.74 Å². The summed E-state index contributed by atoms with van der Waals surface area (Å²) in [4.78, 5) is 10.2. The molecule has 1 aromatic rings. The lowest BCUT2D eigenvalue weighted by Crippen LogP contribution is -2.09. The highest BCUT2D eigenvalue weighted by Crippen LogP contribution is 2.18. The largest absolute Gasteiger partial charge is 0.496 e. The van der Waals surface area contributed by atoms with Gasteiger partial charge in [-0.2, -0.15) is 0 Å². The van der Waals surface area contributed by atoms with E-state index in [1.165, 1.54) is 0 Å². The summed E-state index contributed by atoms with van der Waals surface area (Å²) in [6.45, 7) is 2.15. The Kier molecular flexibility index (Phi) is 4.79. The smallest absolute Gasteiger partial charge is 0.329 e. The Morgan fingerprint density at radius 1 is 1.44 bits per heavy atom. The molecule has 0 saturated carbocycles. The second-order valence-electron chi connectivity index (χ2n) is 3.50. The molecule has 4 heteroatoms. The number of carbonyl (C=O) groups is 1. The van der Waals surface area contributed by atoms with Crippen molar-refractivity contribution in [2.75, 3.05) is 20.3 Å². The summed E-state index contributed by atoms with van der Waals surface area (Å²) in [5.74, 6) is -0.0823. The molecule has 88 valence electrons. The molecule has 1 aromatic carbocycles. The van der Waals surface area contributed by atoms with Crippen LogP contribution in [-0.2, 0) is 16.0 Å². The molecular weight excluding hydrogens is 208 g/mol. The second-order valence-corrected chi connectivity index (χ2v) is 3.50. The van der Waals surface area contributed by atoms with Gasteiger partial charge in [-0.3, -0.25) is 0 Å². The Morgan fingerprint density at radius 3 is 2.75 bits per heavy atom. The maximum Gasteiger partial charge on any atom is 0.329 e. The molecule has 0 fully saturated rings. The van der Waals surface area contributed by atoms with Crippen molar-refractivity contribution in [2.24, 2.45) is 0 Å². The monoisotopic (exact) mass is 224 g/mol. The molecule has 0 aliphatic carbocycles. The number of ether oxygens (including phenoxy) is 2. The molecule has 0 aliphatic heterocycles. The lowest BCUT2D eigenvalue weighted by molar-refractivity contribution is -0.142. The first-order valence-corrected chi connectivity index (χ1v) is 5.06. The van der Waals surface area contributed by atoms with Crippen molar-refractivity contribution in [3.8, 4) is 5.75 Å². The van der Waals surface area contributed by atoms with E-state index in [0.717, 1.165) is 16.9 Å². The van der Waals surface area contributed by atoms with E-state index < -0.39 is 5.97 Å². The number of hydrogen-bond acceptors (Lipinski definition) is 3. The van der Waals surface area contributed by atoms with Gasteiger partial charge in [0.1, 0.15) is 12.4 Å². The Balaban J connectivity index is 2.43. The fraction of sp³-hybridized carbons (Fsp3) is 0.417. The van der Waals surface area contributed by atoms with Crippen LogP contribution in [0.3, 0.4) is 0 Å². The number of carboxylic acid groups (broad SMARTS) is 1. The summed E-state index contributed by atoms with van der Waals surface area (Å²) in [6, 6.07) is 5.88. The summed E-state index contributed by atoms with van der Waals surface area (Å²) in [5, 5.41) is 8.38. The zero-order chi connectivity index (χ0) is 12.0. The van der Waals surface area contributed by atoms with Crippen LogP contribution in [0, 0.1) is 6.92 Å². The predicted octanol–water partition coefficient (Wildman–Crippen LogP) is 1.65. The van der Waals surface area contributed by atoms with Crippen molar-refractivity contribution < 1.29 is 19.4 Å². The Labute approximate surface area is 94.8 Å². The zero-order valence-corrected chi connectivity index (χ0v) is 9.53. The van der Waals surface area contributed by atoms with Crippen LogP contribution in [0.5, 0.6) is 5.75 Å². The minimum atomic E-state index is -0.939. The third-order valence-corrected chi connectivity index (χ3v) is 2.22. The highest BCUT2D eigenvalue weighted by Gasteiger charge is 2.01. The summed E-state index contributed by atoms with van der Waals surface area (Å²) < 4.78 is 10.1. The van der Waals surface area contributed by atoms with Crippen LogP contribution >= 0.6 is 0 Å². The van der Waals surface area contributed by atoms with Gasteiger partial charge >= 0.3 is 5.97 Å². The number of benzene rings is 1. The van der Waals surface area contributed by atoms with Crippen molar-refractivity contribution in [3.05, 3.63) is 29.3 Å². The Hall–Kier alpha value is -1.55. The minimum absolute atomic E-state index is 0.241. The number of rotatable bonds is 6. The van der Waals surface area contributed by atoms with Crippen LogP contribution in [0.2, 0.25) is 0 Å². The van der Waals surface area contributed by atoms with E-state index in [1.807, 2.05) is 25.1 Å². The SMILES string of the molecule is COc1ccc(CCOCC(=O)O)cc1C. The third-order valence-electron chi connectivity index (χ3n) is 2.22. The van der Waals surface area contributed by atoms with Gasteiger partial charge in [-0.1, -0.05) is 12.1 Å². The summed E-state index contributed by atoms with van der Waals surface area (Å²) in [5.41, 5.74) is 2.18. The maximum absolute atomic E-state index is 10.2. The molecule has 1 rings (SSSR count). The normalized spacial score (nSPS) is 10.1. The van der Waals surface area contributed by atoms with Gasteiger partial charge in [-0.15, -0.1) is 0 Å². The van der Waals surface area contributed by atoms with Gasteiger partial charge < -0.3 is 14.6 Å². The number of hydrogen-bond donors (Lipinski definition) is 1. The zero-order valence-electron chi connectivity index (χ0n) is 9.53. The van der Waals surface area contributed by atoms with Crippen LogP contribution in [-0.4, -0.2) is 31.4 Å². The lowest BCUT2D eigenvalue weighted by Gasteiger charge is -2.07. The molecule has 0 aromatic heterocycles. The molecule has 0 spiro atoms. The average molecular weight is 224 g/mol. The van der Waals surface area contributed by atoms with Crippen molar-refractivity contribution in [1.29, 1.82) is 0 Å². The van der Waals surface area contributed by atoms with Crippen LogP contribution in [0.1, 0.15) is 11.1 Å². The number of methoxy groups -OCH3 is 1.